The van der Waals surface area contributed by atoms with Gasteiger partial charge in [0.15, 0.2) is 0 Å². The van der Waals surface area contributed by atoms with Crippen LogP contribution in [0.3, 0.4) is 0 Å². The van der Waals surface area contributed by atoms with Crippen molar-refractivity contribution in [2.75, 3.05) is 6.54 Å². The van der Waals surface area contributed by atoms with Crippen molar-refractivity contribution in [3.63, 3.8) is 0 Å². The largest absolute Gasteiger partial charge is 0.306 e. The molecule has 2 aromatic rings. The average Bonchev–Trinajstić information content (AvgIpc) is 2.44. The van der Waals surface area contributed by atoms with Crippen LogP contribution in [-0.4, -0.2) is 6.54 Å². The predicted molar refractivity (Wildman–Crippen MR) is 85.4 cm³/mol. The summed E-state index contributed by atoms with van der Waals surface area (Å²) in [7, 11) is 0. The van der Waals surface area contributed by atoms with Gasteiger partial charge in [-0.2, -0.15) is 0 Å². The Morgan fingerprint density at radius 2 is 1.90 bits per heavy atom. The van der Waals surface area contributed by atoms with Crippen LogP contribution < -0.4 is 5.32 Å². The van der Waals surface area contributed by atoms with Crippen LogP contribution in [0.2, 0.25) is 0 Å². The van der Waals surface area contributed by atoms with Crippen molar-refractivity contribution in [2.45, 2.75) is 26.3 Å². The molecule has 0 aliphatic carbocycles. The lowest BCUT2D eigenvalue weighted by Gasteiger charge is -2.22. The third kappa shape index (κ3) is 3.47. The number of benzene rings is 2. The summed E-state index contributed by atoms with van der Waals surface area (Å²) in [5.74, 6) is -0.208. The van der Waals surface area contributed by atoms with E-state index in [2.05, 4.69) is 47.2 Å². The monoisotopic (exact) mass is 335 g/mol. The maximum absolute atomic E-state index is 13.6. The molecule has 2 aromatic carbocycles. The number of aryl methyl sites for hydroxylation is 1. The van der Waals surface area contributed by atoms with Gasteiger partial charge < -0.3 is 5.32 Å². The number of nitrogens with one attached hydrogen (secondary N) is 1. The van der Waals surface area contributed by atoms with Crippen molar-refractivity contribution in [1.29, 1.82) is 0 Å². The summed E-state index contributed by atoms with van der Waals surface area (Å²) in [6.45, 7) is 5.10. The van der Waals surface area contributed by atoms with Gasteiger partial charge in [-0.3, -0.25) is 0 Å². The van der Waals surface area contributed by atoms with E-state index in [0.29, 0.717) is 0 Å². The smallest absolute Gasteiger partial charge is 0.123 e. The fourth-order valence-electron chi connectivity index (χ4n) is 2.32. The minimum atomic E-state index is -0.208. The van der Waals surface area contributed by atoms with Crippen LogP contribution in [0.5, 0.6) is 0 Å². The summed E-state index contributed by atoms with van der Waals surface area (Å²) in [5, 5.41) is 3.51. The molecule has 0 amide bonds. The first-order chi connectivity index (χ1) is 9.63. The third-order valence-corrected chi connectivity index (χ3v) is 4.09. The fraction of sp³-hybridized carbons (Fsp3) is 0.294. The Kier molecular flexibility index (Phi) is 5.32. The molecule has 0 aliphatic heterocycles. The Bertz CT molecular complexity index is 583. The molecular formula is C17H19BrFN. The van der Waals surface area contributed by atoms with Gasteiger partial charge in [0.1, 0.15) is 5.82 Å². The fourth-order valence-corrected chi connectivity index (χ4v) is 2.80. The second-order valence-electron chi connectivity index (χ2n) is 4.91. The van der Waals surface area contributed by atoms with E-state index in [-0.39, 0.29) is 11.9 Å². The summed E-state index contributed by atoms with van der Waals surface area (Å²) in [4.78, 5) is 0. The van der Waals surface area contributed by atoms with E-state index in [1.54, 1.807) is 12.1 Å². The average molecular weight is 336 g/mol. The zero-order valence-corrected chi connectivity index (χ0v) is 13.4. The molecule has 0 fully saturated rings. The lowest BCUT2D eigenvalue weighted by atomic mass is 9.95. The molecule has 0 saturated heterocycles. The second kappa shape index (κ2) is 7.00. The molecule has 0 heterocycles. The highest BCUT2D eigenvalue weighted by Crippen LogP contribution is 2.31. The van der Waals surface area contributed by atoms with Crippen LogP contribution >= 0.6 is 15.9 Å². The lowest BCUT2D eigenvalue weighted by Crippen LogP contribution is -2.24. The quantitative estimate of drug-likeness (QED) is 0.811. The first-order valence-electron chi connectivity index (χ1n) is 6.87. The highest BCUT2D eigenvalue weighted by Gasteiger charge is 2.18. The molecule has 0 saturated carbocycles. The first-order valence-corrected chi connectivity index (χ1v) is 7.66. The Morgan fingerprint density at radius 1 is 1.15 bits per heavy atom. The third-order valence-electron chi connectivity index (χ3n) is 3.37. The van der Waals surface area contributed by atoms with Crippen LogP contribution in [0.25, 0.3) is 0 Å². The molecule has 1 unspecified atom stereocenters. The zero-order valence-electron chi connectivity index (χ0n) is 11.8. The van der Waals surface area contributed by atoms with Gasteiger partial charge in [0.05, 0.1) is 6.04 Å². The summed E-state index contributed by atoms with van der Waals surface area (Å²) >= 11 is 3.54. The molecule has 0 aliphatic rings. The van der Waals surface area contributed by atoms with E-state index in [0.717, 1.165) is 23.0 Å². The highest BCUT2D eigenvalue weighted by molar-refractivity contribution is 9.10. The van der Waals surface area contributed by atoms with Gasteiger partial charge in [-0.25, -0.2) is 4.39 Å². The van der Waals surface area contributed by atoms with Crippen molar-refractivity contribution in [3.8, 4) is 0 Å². The lowest BCUT2D eigenvalue weighted by molar-refractivity contribution is 0.582. The Balaban J connectivity index is 2.47. The van der Waals surface area contributed by atoms with Gasteiger partial charge in [-0.15, -0.1) is 0 Å². The summed E-state index contributed by atoms with van der Waals surface area (Å²) in [6.07, 6.45) is 1.04. The topological polar surface area (TPSA) is 12.0 Å². The predicted octanol–water partition coefficient (Wildman–Crippen LogP) is 4.99. The molecule has 106 valence electrons. The van der Waals surface area contributed by atoms with Crippen molar-refractivity contribution in [3.05, 3.63) is 69.4 Å². The van der Waals surface area contributed by atoms with E-state index in [4.69, 9.17) is 0 Å². The van der Waals surface area contributed by atoms with E-state index in [9.17, 15) is 4.39 Å². The number of hydrogen-bond acceptors (Lipinski definition) is 1. The highest BCUT2D eigenvalue weighted by atomic mass is 79.9. The molecule has 0 spiro atoms. The van der Waals surface area contributed by atoms with E-state index in [1.165, 1.54) is 17.2 Å². The standard InChI is InChI=1S/C17H19BrFN/c1-3-10-20-17(14-7-5-4-6-12(14)2)15-11-13(19)8-9-16(15)18/h4-9,11,17,20H,3,10H2,1-2H3. The number of halogens is 2. The first kappa shape index (κ1) is 15.2. The minimum absolute atomic E-state index is 0.00113. The molecule has 0 bridgehead atoms. The van der Waals surface area contributed by atoms with Crippen LogP contribution in [0, 0.1) is 12.7 Å². The van der Waals surface area contributed by atoms with E-state index in [1.807, 2.05) is 12.1 Å². The van der Waals surface area contributed by atoms with Gasteiger partial charge in [-0.05, 0) is 54.8 Å². The van der Waals surface area contributed by atoms with E-state index < -0.39 is 0 Å². The van der Waals surface area contributed by atoms with Crippen molar-refractivity contribution >= 4 is 15.9 Å². The maximum Gasteiger partial charge on any atom is 0.123 e. The van der Waals surface area contributed by atoms with Gasteiger partial charge in [0, 0.05) is 4.47 Å². The van der Waals surface area contributed by atoms with E-state index >= 15 is 0 Å². The van der Waals surface area contributed by atoms with Crippen LogP contribution in [-0.2, 0) is 0 Å². The number of hydrogen-bond donors (Lipinski definition) is 1. The Hall–Kier alpha value is -1.19. The van der Waals surface area contributed by atoms with Gasteiger partial charge in [0.25, 0.3) is 0 Å². The Labute approximate surface area is 128 Å². The SMILES string of the molecule is CCCNC(c1ccccc1C)c1cc(F)ccc1Br. The van der Waals surface area contributed by atoms with Crippen molar-refractivity contribution in [2.24, 2.45) is 0 Å². The molecule has 0 radical (unpaired) electrons. The zero-order chi connectivity index (χ0) is 14.5. The summed E-state index contributed by atoms with van der Waals surface area (Å²) in [6, 6.07) is 13.1. The van der Waals surface area contributed by atoms with Crippen molar-refractivity contribution in [1.82, 2.24) is 5.32 Å². The molecule has 20 heavy (non-hydrogen) atoms. The molecular weight excluding hydrogens is 317 g/mol. The number of rotatable bonds is 5. The normalized spacial score (nSPS) is 12.4. The van der Waals surface area contributed by atoms with Crippen LogP contribution in [0.4, 0.5) is 4.39 Å². The maximum atomic E-state index is 13.6. The van der Waals surface area contributed by atoms with Gasteiger partial charge in [0.2, 0.25) is 0 Å². The van der Waals surface area contributed by atoms with Crippen LogP contribution in [0.1, 0.15) is 36.1 Å². The Morgan fingerprint density at radius 3 is 2.60 bits per heavy atom. The van der Waals surface area contributed by atoms with Crippen molar-refractivity contribution < 1.29 is 4.39 Å². The second-order valence-corrected chi connectivity index (χ2v) is 5.76. The molecule has 1 N–H and O–H groups in total. The molecule has 0 aromatic heterocycles. The van der Waals surface area contributed by atoms with Gasteiger partial charge in [-0.1, -0.05) is 47.1 Å². The molecule has 1 atom stereocenters. The molecule has 1 nitrogen and oxygen atoms in total. The van der Waals surface area contributed by atoms with Crippen LogP contribution in [0.15, 0.2) is 46.9 Å². The minimum Gasteiger partial charge on any atom is -0.306 e. The molecule has 2 rings (SSSR count). The molecule has 3 heteroatoms. The summed E-state index contributed by atoms with van der Waals surface area (Å²) < 4.78 is 14.5. The van der Waals surface area contributed by atoms with Gasteiger partial charge >= 0.3 is 0 Å². The summed E-state index contributed by atoms with van der Waals surface area (Å²) in [5.41, 5.74) is 3.33.